The molecule has 0 radical (unpaired) electrons. The Labute approximate surface area is 455 Å². The number of nitrogens with zero attached hydrogens (tertiary/aromatic N) is 5. The number of aryl methyl sites for hydroxylation is 1. The molecule has 4 aliphatic rings. The zero-order valence-electron chi connectivity index (χ0n) is 45.3. The highest BCUT2D eigenvalue weighted by Crippen LogP contribution is 2.53. The number of carbonyl (C=O) groups is 1. The number of pyridine rings is 1. The number of aromatic nitrogens is 2. The Morgan fingerprint density at radius 1 is 0.962 bits per heavy atom. The molecule has 10 rings (SSSR count). The summed E-state index contributed by atoms with van der Waals surface area (Å²) in [4.78, 5) is 39.9. The molecule has 78 heavy (non-hydrogen) atoms. The van der Waals surface area contributed by atoms with E-state index in [0.29, 0.717) is 37.0 Å². The van der Waals surface area contributed by atoms with Crippen LogP contribution in [0.1, 0.15) is 117 Å². The lowest BCUT2D eigenvalue weighted by Crippen LogP contribution is -2.60. The van der Waals surface area contributed by atoms with Crippen LogP contribution in [-0.4, -0.2) is 109 Å². The Hall–Kier alpha value is -6.80. The van der Waals surface area contributed by atoms with Gasteiger partial charge in [-0.05, 0) is 141 Å². The van der Waals surface area contributed by atoms with Crippen molar-refractivity contribution in [1.82, 2.24) is 24.5 Å². The molecule has 2 aromatic heterocycles. The van der Waals surface area contributed by atoms with Crippen LogP contribution in [0.5, 0.6) is 23.0 Å². The van der Waals surface area contributed by atoms with Gasteiger partial charge in [0, 0.05) is 81.9 Å². The van der Waals surface area contributed by atoms with Gasteiger partial charge >= 0.3 is 0 Å². The van der Waals surface area contributed by atoms with Crippen LogP contribution in [0.2, 0.25) is 0 Å². The maximum Gasteiger partial charge on any atom is 0.293 e. The average Bonchev–Trinajstić information content (AvgIpc) is 3.85. The van der Waals surface area contributed by atoms with E-state index in [2.05, 4.69) is 91.9 Å². The van der Waals surface area contributed by atoms with E-state index in [1.807, 2.05) is 0 Å². The topological polar surface area (TPSA) is 205 Å². The minimum Gasteiger partial charge on any atom is -0.493 e. The molecular formula is C59H71FN8O9S. The predicted octanol–water partition coefficient (Wildman–Crippen LogP) is 10.6. The monoisotopic (exact) mass is 1090 g/mol. The third kappa shape index (κ3) is 11.5. The number of hydrogen-bond acceptors (Lipinski definition) is 14. The van der Waals surface area contributed by atoms with Gasteiger partial charge in [-0.1, -0.05) is 44.2 Å². The van der Waals surface area contributed by atoms with Crippen molar-refractivity contribution >= 4 is 44.0 Å². The Bertz CT molecular complexity index is 3310. The summed E-state index contributed by atoms with van der Waals surface area (Å²) in [6.45, 7) is 13.9. The predicted molar refractivity (Wildman–Crippen MR) is 298 cm³/mol. The first-order chi connectivity index (χ1) is 37.3. The van der Waals surface area contributed by atoms with Crippen molar-refractivity contribution in [3.63, 3.8) is 0 Å². The molecule has 0 unspecified atom stereocenters. The van der Waals surface area contributed by atoms with Crippen molar-refractivity contribution in [1.29, 1.82) is 0 Å². The van der Waals surface area contributed by atoms with Gasteiger partial charge in [-0.25, -0.2) is 22.5 Å². The molecule has 1 spiro atoms. The molecule has 414 valence electrons. The largest absolute Gasteiger partial charge is 0.493 e. The molecule has 2 aliphatic carbocycles. The highest BCUT2D eigenvalue weighted by Gasteiger charge is 2.50. The number of carbonyl (C=O) groups excluding carboxylic acids is 1. The summed E-state index contributed by atoms with van der Waals surface area (Å²) in [7, 11) is -1.29. The number of sulfonamides is 1. The van der Waals surface area contributed by atoms with E-state index in [-0.39, 0.29) is 45.5 Å². The van der Waals surface area contributed by atoms with Crippen molar-refractivity contribution < 1.29 is 41.8 Å². The van der Waals surface area contributed by atoms with E-state index >= 15 is 0 Å². The number of ether oxygens (including phenoxy) is 3. The van der Waals surface area contributed by atoms with Crippen LogP contribution in [0, 0.1) is 34.2 Å². The Balaban J connectivity index is 0.840. The summed E-state index contributed by atoms with van der Waals surface area (Å²) in [6.07, 6.45) is 9.40. The van der Waals surface area contributed by atoms with Crippen LogP contribution < -0.4 is 29.1 Å². The number of rotatable bonds is 17. The van der Waals surface area contributed by atoms with Crippen molar-refractivity contribution in [2.75, 3.05) is 63.7 Å². The zero-order valence-corrected chi connectivity index (χ0v) is 46.1. The van der Waals surface area contributed by atoms with Gasteiger partial charge in [-0.3, -0.25) is 24.7 Å². The number of piperazine rings is 1. The van der Waals surface area contributed by atoms with Gasteiger partial charge in [0.15, 0.2) is 11.5 Å². The van der Waals surface area contributed by atoms with Gasteiger partial charge in [0.05, 0.1) is 46.8 Å². The number of piperidine rings is 1. The molecule has 17 nitrogen and oxygen atoms in total. The molecule has 4 aromatic carbocycles. The number of aliphatic hydroxyl groups is 1. The Kier molecular flexibility index (Phi) is 15.5. The summed E-state index contributed by atoms with van der Waals surface area (Å²) in [5.41, 5.74) is 5.09. The van der Waals surface area contributed by atoms with Crippen molar-refractivity contribution in [3.8, 4) is 23.0 Å². The summed E-state index contributed by atoms with van der Waals surface area (Å²) in [5, 5.41) is 25.9. The number of nitro groups is 1. The lowest BCUT2D eigenvalue weighted by atomic mass is 9.59. The molecule has 19 heteroatoms. The second-order valence-corrected chi connectivity index (χ2v) is 24.3. The van der Waals surface area contributed by atoms with Gasteiger partial charge < -0.3 is 34.5 Å². The highest BCUT2D eigenvalue weighted by atomic mass is 32.2. The van der Waals surface area contributed by atoms with E-state index in [4.69, 9.17) is 14.2 Å². The normalized spacial score (nSPS) is 21.1. The number of hydrogen-bond donors (Lipinski definition) is 4. The number of nitrogens with one attached hydrogen (secondary N) is 3. The SMILES string of the molecule is COc1cc(CN2CCN(C3CC4(CCN(c5ccc(C(=O)NS(=O)(=O)c6ccc(NCC7CCC(C)(O)CC7)c([N+](=O)[O-])c6)c(Oc6cnc7[nH]cc(F)c7c6)c5)CC4)C3)[C@H](c3ccccc3C(C)C)C2)cc(C)c1OC. The summed E-state index contributed by atoms with van der Waals surface area (Å²) in [6, 6.07) is 23.8. The van der Waals surface area contributed by atoms with Gasteiger partial charge in [0.2, 0.25) is 0 Å². The number of nitro benzene ring substituents is 1. The summed E-state index contributed by atoms with van der Waals surface area (Å²) >= 11 is 0. The first kappa shape index (κ1) is 54.6. The smallest absolute Gasteiger partial charge is 0.293 e. The number of anilines is 2. The molecule has 2 aliphatic heterocycles. The maximum atomic E-state index is 14.8. The van der Waals surface area contributed by atoms with Crippen LogP contribution >= 0.6 is 0 Å². The minimum atomic E-state index is -4.65. The number of amides is 1. The fourth-order valence-corrected chi connectivity index (χ4v) is 13.5. The number of aromatic amines is 1. The van der Waals surface area contributed by atoms with Crippen LogP contribution in [-0.2, 0) is 16.6 Å². The second-order valence-electron chi connectivity index (χ2n) is 22.6. The molecule has 1 amide bonds. The third-order valence-corrected chi connectivity index (χ3v) is 18.3. The van der Waals surface area contributed by atoms with Crippen molar-refractivity contribution in [2.24, 2.45) is 11.3 Å². The number of benzene rings is 4. The van der Waals surface area contributed by atoms with Gasteiger partial charge in [0.1, 0.15) is 28.7 Å². The van der Waals surface area contributed by atoms with Crippen LogP contribution in [0.25, 0.3) is 11.0 Å². The van der Waals surface area contributed by atoms with E-state index in [1.165, 1.54) is 53.3 Å². The van der Waals surface area contributed by atoms with E-state index in [0.717, 1.165) is 107 Å². The second kappa shape index (κ2) is 22.1. The van der Waals surface area contributed by atoms with E-state index < -0.39 is 42.9 Å². The Morgan fingerprint density at radius 3 is 2.44 bits per heavy atom. The van der Waals surface area contributed by atoms with Crippen LogP contribution in [0.3, 0.4) is 0 Å². The quantitative estimate of drug-likeness (QED) is 0.0496. The molecule has 4 fully saturated rings. The van der Waals surface area contributed by atoms with Gasteiger partial charge in [-0.15, -0.1) is 0 Å². The number of methoxy groups -OCH3 is 2. The average molecular weight is 1090 g/mol. The summed E-state index contributed by atoms with van der Waals surface area (Å²) < 4.78 is 62.3. The minimum absolute atomic E-state index is 0.0177. The lowest BCUT2D eigenvalue weighted by molar-refractivity contribution is -0.384. The molecule has 1 atom stereocenters. The fourth-order valence-electron chi connectivity index (χ4n) is 12.5. The standard InChI is InChI=1S/C59H71FN8O9S/c1-37(2)45-9-7-8-10-46(45)52-36-65(35-40-25-38(3)55(76-6)54(26-40)75-5)23-24-67(52)42-30-59(31-42)19-21-66(22-20-59)41-11-13-47(53(27-41)77-43-28-48-49(60)34-63-56(48)62-33-43)57(69)64-78(73,74)44-12-14-50(51(29-44)68(71)72)61-32-39-15-17-58(4,70)18-16-39/h7-14,25-29,33-34,37,39,42,52,61,70H,15-24,30-32,35-36H2,1-6H3,(H,62,63)(H,64,69)/t39?,52-,58?/m0/s1. The number of halogens is 1. The van der Waals surface area contributed by atoms with Crippen LogP contribution in [0.15, 0.2) is 96.2 Å². The van der Waals surface area contributed by atoms with E-state index in [9.17, 15) is 32.8 Å². The van der Waals surface area contributed by atoms with Crippen molar-refractivity contribution in [3.05, 3.63) is 135 Å². The molecular weight excluding hydrogens is 1020 g/mol. The molecule has 0 bridgehead atoms. The van der Waals surface area contributed by atoms with Gasteiger partial charge in [-0.2, -0.15) is 0 Å². The molecule has 2 saturated heterocycles. The number of fused-ring (bicyclic) bond motifs is 1. The zero-order chi connectivity index (χ0) is 55.1. The van der Waals surface area contributed by atoms with Crippen LogP contribution in [0.4, 0.5) is 21.5 Å². The Morgan fingerprint density at radius 2 is 1.72 bits per heavy atom. The fraction of sp³-hybridized carbons (Fsp3) is 0.458. The first-order valence-electron chi connectivity index (χ1n) is 27.1. The number of H-pyrrole nitrogens is 1. The highest BCUT2D eigenvalue weighted by molar-refractivity contribution is 7.90. The molecule has 4 N–H and O–H groups in total. The third-order valence-electron chi connectivity index (χ3n) is 17.0. The molecule has 2 saturated carbocycles. The van der Waals surface area contributed by atoms with E-state index in [1.54, 1.807) is 33.3 Å². The van der Waals surface area contributed by atoms with Gasteiger partial charge in [0.25, 0.3) is 21.6 Å². The first-order valence-corrected chi connectivity index (χ1v) is 28.6. The summed E-state index contributed by atoms with van der Waals surface area (Å²) in [5.74, 6) is 0.634. The lowest BCUT2D eigenvalue weighted by Gasteiger charge is -2.58. The molecule has 6 aromatic rings. The molecule has 4 heterocycles. The maximum absolute atomic E-state index is 14.8. The van der Waals surface area contributed by atoms with Crippen molar-refractivity contribution in [2.45, 2.75) is 114 Å².